The molecule has 0 saturated carbocycles. The Morgan fingerprint density at radius 1 is 1.18 bits per heavy atom. The molecule has 0 bridgehead atoms. The molecule has 0 amide bonds. The van der Waals surface area contributed by atoms with Crippen LogP contribution in [0.3, 0.4) is 0 Å². The van der Waals surface area contributed by atoms with Crippen molar-refractivity contribution in [3.05, 3.63) is 29.8 Å². The normalized spacial score (nSPS) is 12.0. The van der Waals surface area contributed by atoms with Crippen molar-refractivity contribution in [2.45, 2.75) is 31.7 Å². The van der Waals surface area contributed by atoms with Crippen molar-refractivity contribution in [3.63, 3.8) is 0 Å². The molecule has 0 aliphatic carbocycles. The van der Waals surface area contributed by atoms with Crippen molar-refractivity contribution < 1.29 is 8.42 Å². The number of nitrogens with one attached hydrogen (secondary N) is 1. The SMILES string of the molecule is CC(C)CCNCc1ccc(S(C)(=O)=O)cc1. The lowest BCUT2D eigenvalue weighted by atomic mass is 10.1. The predicted octanol–water partition coefficient (Wildman–Crippen LogP) is 2.23. The first-order valence-electron chi connectivity index (χ1n) is 5.89. The average molecular weight is 255 g/mol. The lowest BCUT2D eigenvalue weighted by Crippen LogP contribution is -2.16. The maximum atomic E-state index is 11.3. The second-order valence-corrected chi connectivity index (χ2v) is 6.79. The first-order chi connectivity index (χ1) is 7.89. The zero-order chi connectivity index (χ0) is 12.9. The van der Waals surface area contributed by atoms with E-state index in [4.69, 9.17) is 0 Å². The summed E-state index contributed by atoms with van der Waals surface area (Å²) in [7, 11) is -3.08. The van der Waals surface area contributed by atoms with Crippen LogP contribution in [0, 0.1) is 5.92 Å². The molecular weight excluding hydrogens is 234 g/mol. The van der Waals surface area contributed by atoms with Crippen LogP contribution in [0.2, 0.25) is 0 Å². The Morgan fingerprint density at radius 2 is 1.76 bits per heavy atom. The molecule has 0 radical (unpaired) electrons. The maximum absolute atomic E-state index is 11.3. The summed E-state index contributed by atoms with van der Waals surface area (Å²) in [6.45, 7) is 6.17. The Kier molecular flexibility index (Phi) is 5.15. The van der Waals surface area contributed by atoms with Gasteiger partial charge in [-0.25, -0.2) is 8.42 Å². The number of benzene rings is 1. The van der Waals surface area contributed by atoms with E-state index in [9.17, 15) is 8.42 Å². The molecule has 17 heavy (non-hydrogen) atoms. The van der Waals surface area contributed by atoms with Gasteiger partial charge in [0.15, 0.2) is 9.84 Å². The van der Waals surface area contributed by atoms with E-state index >= 15 is 0 Å². The van der Waals surface area contributed by atoms with E-state index in [2.05, 4.69) is 19.2 Å². The van der Waals surface area contributed by atoms with Gasteiger partial charge in [-0.2, -0.15) is 0 Å². The highest BCUT2D eigenvalue weighted by Gasteiger charge is 2.05. The van der Waals surface area contributed by atoms with E-state index in [0.717, 1.165) is 25.1 Å². The standard InChI is InChI=1S/C13H21NO2S/c1-11(2)8-9-14-10-12-4-6-13(7-5-12)17(3,15)16/h4-7,11,14H,8-10H2,1-3H3. The molecule has 0 atom stereocenters. The molecule has 0 aliphatic heterocycles. The summed E-state index contributed by atoms with van der Waals surface area (Å²) in [5.74, 6) is 0.704. The second-order valence-electron chi connectivity index (χ2n) is 4.78. The number of sulfone groups is 1. The van der Waals surface area contributed by atoms with Crippen LogP contribution in [0.15, 0.2) is 29.2 Å². The Labute approximate surface area is 104 Å². The molecule has 3 nitrogen and oxygen atoms in total. The quantitative estimate of drug-likeness (QED) is 0.793. The number of hydrogen-bond donors (Lipinski definition) is 1. The molecule has 0 aliphatic rings. The predicted molar refractivity (Wildman–Crippen MR) is 70.7 cm³/mol. The van der Waals surface area contributed by atoms with Crippen LogP contribution in [-0.2, 0) is 16.4 Å². The Bertz CT molecular complexity index is 435. The number of hydrogen-bond acceptors (Lipinski definition) is 3. The van der Waals surface area contributed by atoms with Crippen molar-refractivity contribution in [1.82, 2.24) is 5.32 Å². The summed E-state index contributed by atoms with van der Waals surface area (Å²) < 4.78 is 22.5. The summed E-state index contributed by atoms with van der Waals surface area (Å²) in [4.78, 5) is 0.378. The van der Waals surface area contributed by atoms with Crippen molar-refractivity contribution >= 4 is 9.84 Å². The molecule has 0 aromatic heterocycles. The highest BCUT2D eigenvalue weighted by Crippen LogP contribution is 2.10. The van der Waals surface area contributed by atoms with E-state index in [1.165, 1.54) is 6.26 Å². The van der Waals surface area contributed by atoms with Crippen LogP contribution >= 0.6 is 0 Å². The molecule has 0 fully saturated rings. The van der Waals surface area contributed by atoms with Gasteiger partial charge in [0, 0.05) is 12.8 Å². The molecule has 1 aromatic carbocycles. The molecule has 96 valence electrons. The second kappa shape index (κ2) is 6.17. The highest BCUT2D eigenvalue weighted by atomic mass is 32.2. The smallest absolute Gasteiger partial charge is 0.175 e. The van der Waals surface area contributed by atoms with Crippen LogP contribution in [0.25, 0.3) is 0 Å². The van der Waals surface area contributed by atoms with Gasteiger partial charge >= 0.3 is 0 Å². The van der Waals surface area contributed by atoms with Crippen molar-refractivity contribution in [2.24, 2.45) is 5.92 Å². The first-order valence-corrected chi connectivity index (χ1v) is 7.78. The van der Waals surface area contributed by atoms with Crippen LogP contribution < -0.4 is 5.32 Å². The van der Waals surface area contributed by atoms with Gasteiger partial charge in [-0.15, -0.1) is 0 Å². The molecular formula is C13H21NO2S. The Hall–Kier alpha value is -0.870. The van der Waals surface area contributed by atoms with Crippen LogP contribution in [-0.4, -0.2) is 21.2 Å². The van der Waals surface area contributed by atoms with Crippen LogP contribution in [0.5, 0.6) is 0 Å². The van der Waals surface area contributed by atoms with Crippen molar-refractivity contribution in [3.8, 4) is 0 Å². The van der Waals surface area contributed by atoms with Crippen molar-refractivity contribution in [1.29, 1.82) is 0 Å². The summed E-state index contributed by atoms with van der Waals surface area (Å²) in [6, 6.07) is 7.04. The zero-order valence-electron chi connectivity index (χ0n) is 10.7. The van der Waals surface area contributed by atoms with E-state index in [-0.39, 0.29) is 0 Å². The highest BCUT2D eigenvalue weighted by molar-refractivity contribution is 7.90. The van der Waals surface area contributed by atoms with E-state index < -0.39 is 9.84 Å². The fourth-order valence-corrected chi connectivity index (χ4v) is 2.11. The van der Waals surface area contributed by atoms with Gasteiger partial charge in [-0.05, 0) is 36.6 Å². The molecule has 0 saturated heterocycles. The molecule has 4 heteroatoms. The van der Waals surface area contributed by atoms with E-state index in [0.29, 0.717) is 10.8 Å². The molecule has 0 heterocycles. The summed E-state index contributed by atoms with van der Waals surface area (Å²) in [5.41, 5.74) is 1.11. The maximum Gasteiger partial charge on any atom is 0.175 e. The fraction of sp³-hybridized carbons (Fsp3) is 0.538. The summed E-state index contributed by atoms with van der Waals surface area (Å²) >= 11 is 0. The van der Waals surface area contributed by atoms with Gasteiger partial charge in [-0.3, -0.25) is 0 Å². The fourth-order valence-electron chi connectivity index (χ4n) is 1.48. The third kappa shape index (κ3) is 5.33. The topological polar surface area (TPSA) is 46.2 Å². The van der Waals surface area contributed by atoms with Crippen LogP contribution in [0.4, 0.5) is 0 Å². The Morgan fingerprint density at radius 3 is 2.24 bits per heavy atom. The zero-order valence-corrected chi connectivity index (χ0v) is 11.5. The van der Waals surface area contributed by atoms with Gasteiger partial charge in [0.1, 0.15) is 0 Å². The molecule has 1 aromatic rings. The average Bonchev–Trinajstić information content (AvgIpc) is 2.23. The monoisotopic (exact) mass is 255 g/mol. The van der Waals surface area contributed by atoms with E-state index in [1.807, 2.05) is 12.1 Å². The molecule has 1 rings (SSSR count). The first kappa shape index (κ1) is 14.2. The lowest BCUT2D eigenvalue weighted by Gasteiger charge is -2.07. The summed E-state index contributed by atoms with van der Waals surface area (Å²) in [5, 5.41) is 3.34. The van der Waals surface area contributed by atoms with Crippen molar-refractivity contribution in [2.75, 3.05) is 12.8 Å². The minimum Gasteiger partial charge on any atom is -0.313 e. The molecule has 0 spiro atoms. The third-order valence-corrected chi connectivity index (χ3v) is 3.71. The van der Waals surface area contributed by atoms with E-state index in [1.54, 1.807) is 12.1 Å². The van der Waals surface area contributed by atoms with Gasteiger partial charge in [0.25, 0.3) is 0 Å². The van der Waals surface area contributed by atoms with Gasteiger partial charge in [-0.1, -0.05) is 26.0 Å². The van der Waals surface area contributed by atoms with Crippen LogP contribution in [0.1, 0.15) is 25.8 Å². The van der Waals surface area contributed by atoms with Gasteiger partial charge in [0.05, 0.1) is 4.90 Å². The number of rotatable bonds is 6. The minimum atomic E-state index is -3.08. The van der Waals surface area contributed by atoms with Gasteiger partial charge in [0.2, 0.25) is 0 Å². The largest absolute Gasteiger partial charge is 0.313 e. The third-order valence-electron chi connectivity index (χ3n) is 2.58. The minimum absolute atomic E-state index is 0.378. The Balaban J connectivity index is 2.46. The molecule has 0 unspecified atom stereocenters. The lowest BCUT2D eigenvalue weighted by molar-refractivity contribution is 0.537. The summed E-state index contributed by atoms with van der Waals surface area (Å²) in [6.07, 6.45) is 2.38. The molecule has 1 N–H and O–H groups in total. The van der Waals surface area contributed by atoms with Gasteiger partial charge < -0.3 is 5.32 Å².